The second-order valence-corrected chi connectivity index (χ2v) is 4.17. The molecule has 18 heavy (non-hydrogen) atoms. The van der Waals surface area contributed by atoms with E-state index in [1.54, 1.807) is 47.6 Å². The monoisotopic (exact) mass is 260 g/mol. The third-order valence-electron chi connectivity index (χ3n) is 2.32. The van der Waals surface area contributed by atoms with Crippen molar-refractivity contribution in [3.8, 4) is 0 Å². The van der Waals surface area contributed by atoms with Crippen molar-refractivity contribution in [2.45, 2.75) is 6.54 Å². The predicted molar refractivity (Wildman–Crippen MR) is 73.2 cm³/mol. The van der Waals surface area contributed by atoms with E-state index >= 15 is 0 Å². The molecule has 1 heterocycles. The molecule has 5 nitrogen and oxygen atoms in total. The lowest BCUT2D eigenvalue weighted by molar-refractivity contribution is -0.116. The summed E-state index contributed by atoms with van der Waals surface area (Å²) >= 11 is 4.88. The number of benzene rings is 1. The van der Waals surface area contributed by atoms with Crippen LogP contribution in [0.2, 0.25) is 0 Å². The largest absolute Gasteiger partial charge is 0.389 e. The average molecular weight is 260 g/mol. The second-order valence-electron chi connectivity index (χ2n) is 3.73. The van der Waals surface area contributed by atoms with Crippen LogP contribution in [0.1, 0.15) is 5.56 Å². The highest BCUT2D eigenvalue weighted by atomic mass is 32.1. The summed E-state index contributed by atoms with van der Waals surface area (Å²) in [6.07, 6.45) is 4.94. The standard InChI is InChI=1S/C12H12N4OS/c13-12(18)9-2-1-3-10(6-9)15-11(17)7-16-5-4-14-8-16/h1-6,8H,7H2,(H2,13,18)(H,15,17). The summed E-state index contributed by atoms with van der Waals surface area (Å²) in [6.45, 7) is 0.220. The fraction of sp³-hybridized carbons (Fsp3) is 0.0833. The van der Waals surface area contributed by atoms with Crippen LogP contribution in [0.25, 0.3) is 0 Å². The number of rotatable bonds is 4. The zero-order chi connectivity index (χ0) is 13.0. The number of hydrogen-bond acceptors (Lipinski definition) is 3. The fourth-order valence-corrected chi connectivity index (χ4v) is 1.62. The van der Waals surface area contributed by atoms with E-state index in [1.807, 2.05) is 0 Å². The molecule has 3 N–H and O–H groups in total. The van der Waals surface area contributed by atoms with Gasteiger partial charge in [-0.1, -0.05) is 24.4 Å². The smallest absolute Gasteiger partial charge is 0.244 e. The maximum Gasteiger partial charge on any atom is 0.244 e. The molecular formula is C12H12N4OS. The number of nitrogens with one attached hydrogen (secondary N) is 1. The van der Waals surface area contributed by atoms with Crippen LogP contribution in [0.3, 0.4) is 0 Å². The van der Waals surface area contributed by atoms with Crippen molar-refractivity contribution in [1.29, 1.82) is 0 Å². The lowest BCUT2D eigenvalue weighted by Gasteiger charge is -2.07. The number of imidazole rings is 1. The Balaban J connectivity index is 2.03. The first-order valence-corrected chi connectivity index (χ1v) is 5.71. The zero-order valence-electron chi connectivity index (χ0n) is 9.54. The fourth-order valence-electron chi connectivity index (χ4n) is 1.50. The van der Waals surface area contributed by atoms with E-state index in [2.05, 4.69) is 10.3 Å². The molecule has 1 aromatic heterocycles. The topological polar surface area (TPSA) is 72.9 Å². The van der Waals surface area contributed by atoms with Gasteiger partial charge in [-0.25, -0.2) is 4.98 Å². The molecule has 0 bridgehead atoms. The number of carbonyl (C=O) groups excluding carboxylic acids is 1. The number of nitrogens with zero attached hydrogens (tertiary/aromatic N) is 2. The Hall–Kier alpha value is -2.21. The first-order valence-electron chi connectivity index (χ1n) is 5.30. The van der Waals surface area contributed by atoms with Crippen LogP contribution in [-0.2, 0) is 11.3 Å². The van der Waals surface area contributed by atoms with Crippen molar-refractivity contribution in [1.82, 2.24) is 9.55 Å². The zero-order valence-corrected chi connectivity index (χ0v) is 10.4. The van der Waals surface area contributed by atoms with Crippen molar-refractivity contribution in [3.63, 3.8) is 0 Å². The molecule has 0 fully saturated rings. The van der Waals surface area contributed by atoms with Gasteiger partial charge in [0.15, 0.2) is 0 Å². The summed E-state index contributed by atoms with van der Waals surface area (Å²) in [5, 5.41) is 2.77. The summed E-state index contributed by atoms with van der Waals surface area (Å²) in [6, 6.07) is 7.12. The van der Waals surface area contributed by atoms with Gasteiger partial charge in [0.1, 0.15) is 11.5 Å². The number of carbonyl (C=O) groups is 1. The highest BCUT2D eigenvalue weighted by molar-refractivity contribution is 7.80. The Labute approximate surface area is 110 Å². The molecule has 92 valence electrons. The van der Waals surface area contributed by atoms with Gasteiger partial charge < -0.3 is 15.6 Å². The number of thiocarbonyl (C=S) groups is 1. The van der Waals surface area contributed by atoms with Crippen molar-refractivity contribution in [3.05, 3.63) is 48.5 Å². The number of anilines is 1. The molecule has 6 heteroatoms. The van der Waals surface area contributed by atoms with Crippen molar-refractivity contribution in [2.24, 2.45) is 5.73 Å². The molecule has 0 saturated carbocycles. The van der Waals surface area contributed by atoms with Gasteiger partial charge in [0.2, 0.25) is 5.91 Å². The molecular weight excluding hydrogens is 248 g/mol. The van der Waals surface area contributed by atoms with Crippen molar-refractivity contribution >= 4 is 28.8 Å². The van der Waals surface area contributed by atoms with Gasteiger partial charge in [0.05, 0.1) is 6.33 Å². The number of nitrogens with two attached hydrogens (primary N) is 1. The molecule has 0 aliphatic heterocycles. The Morgan fingerprint density at radius 1 is 1.50 bits per heavy atom. The Morgan fingerprint density at radius 2 is 2.33 bits per heavy atom. The maximum absolute atomic E-state index is 11.7. The first kappa shape index (κ1) is 12.3. The van der Waals surface area contributed by atoms with Crippen molar-refractivity contribution in [2.75, 3.05) is 5.32 Å². The van der Waals surface area contributed by atoms with Crippen LogP contribution >= 0.6 is 12.2 Å². The third kappa shape index (κ3) is 3.14. The normalized spacial score (nSPS) is 10.0. The van der Waals surface area contributed by atoms with E-state index in [0.717, 1.165) is 5.56 Å². The number of aromatic nitrogens is 2. The van der Waals surface area contributed by atoms with Gasteiger partial charge in [-0.3, -0.25) is 4.79 Å². The molecule has 0 unspecified atom stereocenters. The van der Waals surface area contributed by atoms with Gasteiger partial charge >= 0.3 is 0 Å². The molecule has 1 amide bonds. The highest BCUT2D eigenvalue weighted by Gasteiger charge is 2.04. The minimum atomic E-state index is -0.131. The van der Waals surface area contributed by atoms with Crippen LogP contribution in [0.4, 0.5) is 5.69 Å². The molecule has 1 aromatic carbocycles. The van der Waals surface area contributed by atoms with Gasteiger partial charge in [0.25, 0.3) is 0 Å². The van der Waals surface area contributed by atoms with E-state index in [4.69, 9.17) is 18.0 Å². The Bertz CT molecular complexity index is 565. The molecule has 0 radical (unpaired) electrons. The minimum absolute atomic E-state index is 0.131. The maximum atomic E-state index is 11.7. The summed E-state index contributed by atoms with van der Waals surface area (Å²) in [7, 11) is 0. The molecule has 2 rings (SSSR count). The van der Waals surface area contributed by atoms with Crippen LogP contribution in [0.5, 0.6) is 0 Å². The predicted octanol–water partition coefficient (Wildman–Crippen LogP) is 1.16. The molecule has 0 atom stereocenters. The molecule has 0 aliphatic carbocycles. The lowest BCUT2D eigenvalue weighted by atomic mass is 10.2. The molecule has 0 aliphatic rings. The van der Waals surface area contributed by atoms with E-state index in [0.29, 0.717) is 10.7 Å². The summed E-state index contributed by atoms with van der Waals surface area (Å²) in [4.78, 5) is 15.9. The average Bonchev–Trinajstić information content (AvgIpc) is 2.82. The third-order valence-corrected chi connectivity index (χ3v) is 2.55. The summed E-state index contributed by atoms with van der Waals surface area (Å²) in [5.41, 5.74) is 6.93. The Morgan fingerprint density at radius 3 is 3.00 bits per heavy atom. The quantitative estimate of drug-likeness (QED) is 0.809. The summed E-state index contributed by atoms with van der Waals surface area (Å²) < 4.78 is 1.69. The van der Waals surface area contributed by atoms with Gasteiger partial charge in [-0.05, 0) is 12.1 Å². The van der Waals surface area contributed by atoms with E-state index in [-0.39, 0.29) is 12.5 Å². The van der Waals surface area contributed by atoms with E-state index in [9.17, 15) is 4.79 Å². The van der Waals surface area contributed by atoms with Gasteiger partial charge in [-0.15, -0.1) is 0 Å². The first-order chi connectivity index (χ1) is 8.65. The van der Waals surface area contributed by atoms with Gasteiger partial charge in [-0.2, -0.15) is 0 Å². The van der Waals surface area contributed by atoms with Crippen LogP contribution < -0.4 is 11.1 Å². The van der Waals surface area contributed by atoms with Gasteiger partial charge in [0, 0.05) is 23.6 Å². The highest BCUT2D eigenvalue weighted by Crippen LogP contribution is 2.10. The van der Waals surface area contributed by atoms with Crippen LogP contribution in [0, 0.1) is 0 Å². The molecule has 2 aromatic rings. The summed E-state index contributed by atoms with van der Waals surface area (Å²) in [5.74, 6) is -0.131. The molecule has 0 spiro atoms. The van der Waals surface area contributed by atoms with Crippen LogP contribution in [0.15, 0.2) is 43.0 Å². The van der Waals surface area contributed by atoms with Crippen molar-refractivity contribution < 1.29 is 4.79 Å². The second kappa shape index (κ2) is 5.42. The Kier molecular flexibility index (Phi) is 3.69. The lowest BCUT2D eigenvalue weighted by Crippen LogP contribution is -2.18. The van der Waals surface area contributed by atoms with E-state index in [1.165, 1.54) is 0 Å². The van der Waals surface area contributed by atoms with Crippen LogP contribution in [-0.4, -0.2) is 20.4 Å². The van der Waals surface area contributed by atoms with E-state index < -0.39 is 0 Å². The minimum Gasteiger partial charge on any atom is -0.389 e. The SMILES string of the molecule is NC(=S)c1cccc(NC(=O)Cn2ccnc2)c1. The number of hydrogen-bond donors (Lipinski definition) is 2. The molecule has 0 saturated heterocycles. The number of amides is 1.